The molecule has 9 nitrogen and oxygen atoms in total. The number of halogens is 1. The molecule has 0 saturated carbocycles. The first-order chi connectivity index (χ1) is 16.2. The monoisotopic (exact) mass is 482 g/mol. The average molecular weight is 483 g/mol. The first kappa shape index (κ1) is 22.3. The lowest BCUT2D eigenvalue weighted by atomic mass is 10.1. The average Bonchev–Trinajstić information content (AvgIpc) is 3.48. The summed E-state index contributed by atoms with van der Waals surface area (Å²) in [6, 6.07) is 8.19. The van der Waals surface area contributed by atoms with Crippen LogP contribution in [0.25, 0.3) is 16.2 Å². The number of piperazine rings is 1. The minimum absolute atomic E-state index is 0.00927. The molecule has 1 aliphatic rings. The Bertz CT molecular complexity index is 1340. The SMILES string of the molecule is Cn1nccc1C(=O)N1CCN(c2nn3c(NC(C)(C)C)c(-c4cccc(F)c4)nc3s2)CC1. The van der Waals surface area contributed by atoms with Gasteiger partial charge in [0.1, 0.15) is 17.2 Å². The molecular formula is C23H27FN8OS. The second-order valence-corrected chi connectivity index (χ2v) is 10.3. The number of aryl methyl sites for hydroxylation is 1. The Morgan fingerprint density at radius 3 is 2.56 bits per heavy atom. The summed E-state index contributed by atoms with van der Waals surface area (Å²) in [6.07, 6.45) is 1.64. The van der Waals surface area contributed by atoms with Gasteiger partial charge in [0.05, 0.1) is 0 Å². The predicted octanol–water partition coefficient (Wildman–Crippen LogP) is 3.50. The van der Waals surface area contributed by atoms with Gasteiger partial charge in [-0.2, -0.15) is 9.61 Å². The molecule has 178 valence electrons. The van der Waals surface area contributed by atoms with Crippen molar-refractivity contribution in [2.45, 2.75) is 26.3 Å². The number of aromatic nitrogens is 5. The molecule has 1 N–H and O–H groups in total. The highest BCUT2D eigenvalue weighted by atomic mass is 32.1. The van der Waals surface area contributed by atoms with Gasteiger partial charge in [-0.3, -0.25) is 9.48 Å². The molecule has 0 atom stereocenters. The number of carbonyl (C=O) groups is 1. The molecule has 11 heteroatoms. The smallest absolute Gasteiger partial charge is 0.272 e. The summed E-state index contributed by atoms with van der Waals surface area (Å²) >= 11 is 1.49. The van der Waals surface area contributed by atoms with E-state index in [1.807, 2.05) is 11.0 Å². The third-order valence-corrected chi connectivity index (χ3v) is 6.63. The molecule has 0 spiro atoms. The molecule has 0 radical (unpaired) electrons. The van der Waals surface area contributed by atoms with Crippen molar-refractivity contribution < 1.29 is 9.18 Å². The van der Waals surface area contributed by atoms with E-state index in [9.17, 15) is 9.18 Å². The van der Waals surface area contributed by atoms with E-state index in [1.54, 1.807) is 34.6 Å². The summed E-state index contributed by atoms with van der Waals surface area (Å²) < 4.78 is 17.3. The standard InChI is InChI=1S/C23H27FN8OS/c1-23(2,3)27-19-18(15-6-5-7-16(24)14-15)26-21-32(19)28-22(34-21)31-12-10-30(11-13-31)20(33)17-8-9-25-29(17)4/h5-9,14,27H,10-13H2,1-4H3. The summed E-state index contributed by atoms with van der Waals surface area (Å²) in [5.41, 5.74) is 1.73. The number of hydrogen-bond acceptors (Lipinski definition) is 7. The van der Waals surface area contributed by atoms with Crippen LogP contribution in [-0.2, 0) is 7.05 Å². The fourth-order valence-electron chi connectivity index (χ4n) is 4.02. The highest BCUT2D eigenvalue weighted by Crippen LogP contribution is 2.35. The van der Waals surface area contributed by atoms with Crippen molar-refractivity contribution in [1.29, 1.82) is 0 Å². The fraction of sp³-hybridized carbons (Fsp3) is 0.391. The van der Waals surface area contributed by atoms with Gasteiger partial charge in [0.2, 0.25) is 10.1 Å². The van der Waals surface area contributed by atoms with Crippen LogP contribution in [0.5, 0.6) is 0 Å². The predicted molar refractivity (Wildman–Crippen MR) is 131 cm³/mol. The minimum atomic E-state index is -0.303. The molecule has 4 aromatic rings. The molecule has 0 unspecified atom stereocenters. The van der Waals surface area contributed by atoms with Gasteiger partial charge in [-0.15, -0.1) is 5.10 Å². The van der Waals surface area contributed by atoms with Crippen LogP contribution >= 0.6 is 11.3 Å². The number of fused-ring (bicyclic) bond motifs is 1. The molecular weight excluding hydrogens is 455 g/mol. The molecule has 0 aliphatic carbocycles. The minimum Gasteiger partial charge on any atom is -0.364 e. The van der Waals surface area contributed by atoms with Crippen LogP contribution in [-0.4, -0.2) is 66.9 Å². The Balaban J connectivity index is 1.40. The molecule has 34 heavy (non-hydrogen) atoms. The van der Waals surface area contributed by atoms with Crippen LogP contribution in [0.1, 0.15) is 31.3 Å². The Morgan fingerprint density at radius 1 is 1.15 bits per heavy atom. The molecule has 5 rings (SSSR count). The van der Waals surface area contributed by atoms with E-state index in [-0.39, 0.29) is 17.3 Å². The van der Waals surface area contributed by atoms with Crippen LogP contribution in [0.2, 0.25) is 0 Å². The number of benzene rings is 1. The summed E-state index contributed by atoms with van der Waals surface area (Å²) in [5, 5.41) is 13.3. The lowest BCUT2D eigenvalue weighted by Gasteiger charge is -2.34. The van der Waals surface area contributed by atoms with Gasteiger partial charge in [0, 0.05) is 50.5 Å². The van der Waals surface area contributed by atoms with Gasteiger partial charge in [-0.25, -0.2) is 9.37 Å². The molecule has 1 fully saturated rings. The first-order valence-electron chi connectivity index (χ1n) is 11.2. The Morgan fingerprint density at radius 2 is 1.91 bits per heavy atom. The number of anilines is 2. The molecule has 3 aromatic heterocycles. The van der Waals surface area contributed by atoms with Crippen molar-refractivity contribution in [3.8, 4) is 11.3 Å². The third-order valence-electron chi connectivity index (χ3n) is 5.66. The van der Waals surface area contributed by atoms with Gasteiger partial charge < -0.3 is 15.1 Å². The maximum absolute atomic E-state index is 13.9. The maximum Gasteiger partial charge on any atom is 0.272 e. The molecule has 1 aromatic carbocycles. The zero-order chi connectivity index (χ0) is 24.0. The van der Waals surface area contributed by atoms with Crippen molar-refractivity contribution >= 4 is 33.2 Å². The second kappa shape index (κ2) is 8.39. The van der Waals surface area contributed by atoms with Gasteiger partial charge >= 0.3 is 0 Å². The van der Waals surface area contributed by atoms with E-state index in [1.165, 1.54) is 23.5 Å². The lowest BCUT2D eigenvalue weighted by Crippen LogP contribution is -2.49. The van der Waals surface area contributed by atoms with Crippen molar-refractivity contribution in [2.75, 3.05) is 36.4 Å². The van der Waals surface area contributed by atoms with Crippen LogP contribution in [0.15, 0.2) is 36.5 Å². The van der Waals surface area contributed by atoms with E-state index >= 15 is 0 Å². The van der Waals surface area contributed by atoms with Gasteiger partial charge in [0.15, 0.2) is 5.82 Å². The highest BCUT2D eigenvalue weighted by Gasteiger charge is 2.27. The summed E-state index contributed by atoms with van der Waals surface area (Å²) in [5.74, 6) is 0.424. The van der Waals surface area contributed by atoms with E-state index in [2.05, 4.69) is 36.1 Å². The van der Waals surface area contributed by atoms with Crippen LogP contribution < -0.4 is 10.2 Å². The summed E-state index contributed by atoms with van der Waals surface area (Å²) in [7, 11) is 1.77. The molecule has 4 heterocycles. The van der Waals surface area contributed by atoms with Crippen LogP contribution in [0.4, 0.5) is 15.3 Å². The van der Waals surface area contributed by atoms with Crippen LogP contribution in [0.3, 0.4) is 0 Å². The molecule has 0 bridgehead atoms. The van der Waals surface area contributed by atoms with Crippen LogP contribution in [0, 0.1) is 5.82 Å². The number of carbonyl (C=O) groups excluding carboxylic acids is 1. The topological polar surface area (TPSA) is 83.6 Å². The van der Waals surface area contributed by atoms with Crippen molar-refractivity contribution in [1.82, 2.24) is 29.3 Å². The summed E-state index contributed by atoms with van der Waals surface area (Å²) in [4.78, 5) is 22.3. The highest BCUT2D eigenvalue weighted by molar-refractivity contribution is 7.20. The van der Waals surface area contributed by atoms with Gasteiger partial charge in [0.25, 0.3) is 5.91 Å². The molecule has 1 aliphatic heterocycles. The fourth-order valence-corrected chi connectivity index (χ4v) is 4.97. The van der Waals surface area contributed by atoms with E-state index in [0.717, 1.165) is 15.9 Å². The van der Waals surface area contributed by atoms with Crippen molar-refractivity contribution in [3.63, 3.8) is 0 Å². The Hall–Kier alpha value is -3.47. The lowest BCUT2D eigenvalue weighted by molar-refractivity contribution is 0.0735. The number of imidazole rings is 1. The zero-order valence-electron chi connectivity index (χ0n) is 19.6. The number of rotatable bonds is 4. The Labute approximate surface area is 200 Å². The Kier molecular flexibility index (Phi) is 5.51. The molecule has 1 amide bonds. The van der Waals surface area contributed by atoms with E-state index < -0.39 is 0 Å². The number of nitrogens with one attached hydrogen (secondary N) is 1. The van der Waals surface area contributed by atoms with Crippen molar-refractivity contribution in [2.24, 2.45) is 7.05 Å². The van der Waals surface area contributed by atoms with E-state index in [0.29, 0.717) is 43.1 Å². The summed E-state index contributed by atoms with van der Waals surface area (Å²) in [6.45, 7) is 8.76. The van der Waals surface area contributed by atoms with E-state index in [4.69, 9.17) is 10.1 Å². The zero-order valence-corrected chi connectivity index (χ0v) is 20.4. The molecule has 1 saturated heterocycles. The van der Waals surface area contributed by atoms with Gasteiger partial charge in [-0.05, 0) is 39.0 Å². The normalized spacial score (nSPS) is 14.7. The largest absolute Gasteiger partial charge is 0.364 e. The number of hydrogen-bond donors (Lipinski definition) is 1. The van der Waals surface area contributed by atoms with Crippen molar-refractivity contribution in [3.05, 3.63) is 48.0 Å². The maximum atomic E-state index is 13.9. The first-order valence-corrected chi connectivity index (χ1v) is 12.0. The van der Waals surface area contributed by atoms with Gasteiger partial charge in [-0.1, -0.05) is 23.5 Å². The number of amides is 1. The second-order valence-electron chi connectivity index (χ2n) is 9.39. The quantitative estimate of drug-likeness (QED) is 0.479. The number of nitrogens with zero attached hydrogens (tertiary/aromatic N) is 7. The third kappa shape index (κ3) is 4.23.